The van der Waals surface area contributed by atoms with Crippen LogP contribution in [0.5, 0.6) is 0 Å². The molecule has 2 heterocycles. The van der Waals surface area contributed by atoms with Crippen molar-refractivity contribution in [1.82, 2.24) is 19.1 Å². The normalized spacial score (nSPS) is 10.2. The first-order valence-electron chi connectivity index (χ1n) is 13.3. The number of imidazole rings is 2. The minimum absolute atomic E-state index is 0.826. The predicted molar refractivity (Wildman–Crippen MR) is 171 cm³/mol. The van der Waals surface area contributed by atoms with Crippen LogP contribution in [0, 0.1) is 0 Å². The van der Waals surface area contributed by atoms with E-state index in [4.69, 9.17) is 17.0 Å². The number of hydrogen-bond acceptors (Lipinski definition) is 2. The van der Waals surface area contributed by atoms with Gasteiger partial charge >= 0.3 is 37.9 Å². The second-order valence-electron chi connectivity index (χ2n) is 9.35. The summed E-state index contributed by atoms with van der Waals surface area (Å²) in [7, 11) is 15.0. The van der Waals surface area contributed by atoms with E-state index in [1.165, 1.54) is 43.8 Å². The molecule has 2 radical (unpaired) electrons. The molecule has 0 unspecified atom stereocenters. The van der Waals surface area contributed by atoms with Gasteiger partial charge in [0.15, 0.2) is 0 Å². The molecule has 0 saturated heterocycles. The van der Waals surface area contributed by atoms with Gasteiger partial charge in [-0.3, -0.25) is 0 Å². The van der Waals surface area contributed by atoms with E-state index >= 15 is 0 Å². The van der Waals surface area contributed by atoms with E-state index in [0.717, 1.165) is 34.0 Å². The molecule has 0 N–H and O–H groups in total. The van der Waals surface area contributed by atoms with E-state index in [0.29, 0.717) is 0 Å². The number of hydrogen-bond donors (Lipinski definition) is 0. The monoisotopic (exact) mass is 664 g/mol. The SMILES string of the molecule is CCc1cc2c(-c3nccn3C)cccc2[cH-]1.CCc1cc2c(-c3nccn3C)cccc2[cH-]1.C[Si]C.[Cl][Zr+2][Cl]. The Hall–Kier alpha value is -2.24. The molecule has 6 aromatic rings. The van der Waals surface area contributed by atoms with Crippen LogP contribution in [0.15, 0.2) is 85.5 Å². The molecule has 0 fully saturated rings. The molecule has 2 aromatic heterocycles. The van der Waals surface area contributed by atoms with E-state index in [-0.39, 0.29) is 0 Å². The molecule has 8 heteroatoms. The third-order valence-electron chi connectivity index (χ3n) is 6.56. The van der Waals surface area contributed by atoms with Gasteiger partial charge in [0.1, 0.15) is 11.6 Å². The Bertz CT molecular complexity index is 1490. The molecule has 4 nitrogen and oxygen atoms in total. The fourth-order valence-corrected chi connectivity index (χ4v) is 4.64. The first kappa shape index (κ1) is 32.3. The second kappa shape index (κ2) is 16.3. The number of aryl methyl sites for hydroxylation is 4. The number of halogens is 2. The molecule has 0 amide bonds. The van der Waals surface area contributed by atoms with Crippen molar-refractivity contribution in [2.24, 2.45) is 14.1 Å². The summed E-state index contributed by atoms with van der Waals surface area (Å²) < 4.78 is 4.13. The van der Waals surface area contributed by atoms with Gasteiger partial charge in [-0.05, 0) is 24.0 Å². The van der Waals surface area contributed by atoms with E-state index in [9.17, 15) is 0 Å². The van der Waals surface area contributed by atoms with Crippen molar-refractivity contribution in [2.45, 2.75) is 39.8 Å². The van der Waals surface area contributed by atoms with Gasteiger partial charge in [-0.1, -0.05) is 39.1 Å². The Morgan fingerprint density at radius 1 is 0.750 bits per heavy atom. The summed E-state index contributed by atoms with van der Waals surface area (Å²) in [5.41, 5.74) is 5.22. The Morgan fingerprint density at radius 3 is 1.43 bits per heavy atom. The van der Waals surface area contributed by atoms with E-state index in [1.807, 2.05) is 38.9 Å². The second-order valence-corrected chi connectivity index (χ2v) is 14.1. The van der Waals surface area contributed by atoms with Crippen molar-refractivity contribution in [3.8, 4) is 22.8 Å². The zero-order valence-electron chi connectivity index (χ0n) is 24.0. The van der Waals surface area contributed by atoms with Crippen LogP contribution in [0.1, 0.15) is 25.0 Å². The van der Waals surface area contributed by atoms with Crippen molar-refractivity contribution < 1.29 is 20.8 Å². The summed E-state index contributed by atoms with van der Waals surface area (Å²) in [6.07, 6.45) is 9.81. The maximum absolute atomic E-state index is 4.93. The van der Waals surface area contributed by atoms with E-state index < -0.39 is 20.8 Å². The van der Waals surface area contributed by atoms with Crippen LogP contribution in [0.25, 0.3) is 44.3 Å². The third-order valence-corrected chi connectivity index (χ3v) is 6.56. The first-order valence-corrected chi connectivity index (χ1v) is 21.6. The zero-order valence-corrected chi connectivity index (χ0v) is 29.0. The summed E-state index contributed by atoms with van der Waals surface area (Å²) in [5.74, 6) is 2.06. The van der Waals surface area contributed by atoms with Crippen molar-refractivity contribution >= 4 is 48.1 Å². The quantitative estimate of drug-likeness (QED) is 0.139. The Labute approximate surface area is 259 Å². The van der Waals surface area contributed by atoms with Crippen molar-refractivity contribution in [3.63, 3.8) is 0 Å². The van der Waals surface area contributed by atoms with Gasteiger partial charge in [0.05, 0.1) is 0 Å². The van der Waals surface area contributed by atoms with E-state index in [2.05, 4.69) is 107 Å². The topological polar surface area (TPSA) is 35.6 Å². The summed E-state index contributed by atoms with van der Waals surface area (Å²) in [6.45, 7) is 8.68. The van der Waals surface area contributed by atoms with Gasteiger partial charge in [-0.25, -0.2) is 9.97 Å². The number of nitrogens with zero attached hydrogens (tertiary/aromatic N) is 4. The fraction of sp³-hybridized carbons (Fsp3) is 0.250. The molecular formula is C32H36Cl2N4SiZr. The molecular weight excluding hydrogens is 631 g/mol. The molecule has 206 valence electrons. The van der Waals surface area contributed by atoms with Gasteiger partial charge in [-0.2, -0.15) is 12.1 Å². The van der Waals surface area contributed by atoms with Crippen molar-refractivity contribution in [2.75, 3.05) is 0 Å². The predicted octanol–water partition coefficient (Wildman–Crippen LogP) is 9.21. The number of rotatable bonds is 4. The minimum atomic E-state index is -0.826. The van der Waals surface area contributed by atoms with Crippen LogP contribution < -0.4 is 0 Å². The van der Waals surface area contributed by atoms with Crippen LogP contribution in [0.3, 0.4) is 0 Å². The molecule has 4 aromatic carbocycles. The summed E-state index contributed by atoms with van der Waals surface area (Å²) in [6, 6.07) is 21.9. The van der Waals surface area contributed by atoms with E-state index in [1.54, 1.807) is 0 Å². The van der Waals surface area contributed by atoms with Crippen molar-refractivity contribution in [1.29, 1.82) is 0 Å². The number of fused-ring (bicyclic) bond motifs is 2. The fourth-order valence-electron chi connectivity index (χ4n) is 4.64. The Kier molecular flexibility index (Phi) is 13.1. The van der Waals surface area contributed by atoms with Gasteiger partial charge in [0.2, 0.25) is 0 Å². The molecule has 0 bridgehead atoms. The van der Waals surface area contributed by atoms with Gasteiger partial charge < -0.3 is 9.13 Å². The molecule has 0 spiro atoms. The summed E-state index contributed by atoms with van der Waals surface area (Å²) >= 11 is -0.826. The molecule has 0 aliphatic carbocycles. The molecule has 0 saturated carbocycles. The molecule has 0 aliphatic heterocycles. The zero-order chi connectivity index (χ0) is 29.1. The maximum atomic E-state index is 4.93. The average molecular weight is 667 g/mol. The van der Waals surface area contributed by atoms with Crippen LogP contribution in [-0.2, 0) is 47.8 Å². The summed E-state index contributed by atoms with van der Waals surface area (Å²) in [4.78, 5) is 8.87. The van der Waals surface area contributed by atoms with Crippen LogP contribution in [0.4, 0.5) is 0 Å². The average Bonchev–Trinajstić information content (AvgIpc) is 3.75. The Balaban J connectivity index is 0.000000185. The van der Waals surface area contributed by atoms with Crippen LogP contribution in [0.2, 0.25) is 13.1 Å². The molecule has 6 rings (SSSR count). The van der Waals surface area contributed by atoms with Crippen LogP contribution in [-0.4, -0.2) is 28.6 Å². The standard InChI is InChI=1S/2C15H15N2.C2H6Si.2ClH.Zr/c2*1-3-11-9-12-5-4-6-13(14(12)10-11)15-16-7-8-17(15)2;1-3-2;;;/h2*4-10H,3H2,1-2H3;1-2H3;2*1H;/q2*-1;;;;+4/p-2. The van der Waals surface area contributed by atoms with Gasteiger partial charge in [0, 0.05) is 48.4 Å². The van der Waals surface area contributed by atoms with Crippen LogP contribution >= 0.6 is 17.0 Å². The van der Waals surface area contributed by atoms with Crippen molar-refractivity contribution in [3.05, 3.63) is 96.6 Å². The summed E-state index contributed by atoms with van der Waals surface area (Å²) in [5, 5.41) is 5.22. The molecule has 0 aliphatic rings. The third kappa shape index (κ3) is 7.94. The number of aromatic nitrogens is 4. The molecule has 0 atom stereocenters. The molecule has 40 heavy (non-hydrogen) atoms. The Morgan fingerprint density at radius 2 is 1.12 bits per heavy atom. The van der Waals surface area contributed by atoms with Gasteiger partial charge in [0.25, 0.3) is 0 Å². The van der Waals surface area contributed by atoms with Gasteiger partial charge in [-0.15, -0.1) is 69.1 Å². The number of benzene rings is 2. The first-order chi connectivity index (χ1) is 19.4.